The molecule has 0 spiro atoms. The molecule has 0 bridgehead atoms. The summed E-state index contributed by atoms with van der Waals surface area (Å²) in [5.41, 5.74) is 1.59. The van der Waals surface area contributed by atoms with Crippen molar-refractivity contribution in [2.75, 3.05) is 7.05 Å². The van der Waals surface area contributed by atoms with Crippen molar-refractivity contribution in [3.05, 3.63) is 53.2 Å². The van der Waals surface area contributed by atoms with Crippen molar-refractivity contribution in [1.29, 1.82) is 0 Å². The SMILES string of the molecule is CNCc1ccoc1COc1cccc(C)c1F. The molecule has 96 valence electrons. The Kier molecular flexibility index (Phi) is 3.99. The van der Waals surface area contributed by atoms with Crippen molar-refractivity contribution in [2.45, 2.75) is 20.1 Å². The van der Waals surface area contributed by atoms with E-state index in [1.54, 1.807) is 31.4 Å². The van der Waals surface area contributed by atoms with Crippen molar-refractivity contribution in [3.63, 3.8) is 0 Å². The third-order valence-corrected chi connectivity index (χ3v) is 2.72. The Morgan fingerprint density at radius 3 is 2.94 bits per heavy atom. The minimum atomic E-state index is -0.320. The fourth-order valence-corrected chi connectivity index (χ4v) is 1.72. The Morgan fingerprint density at radius 1 is 1.33 bits per heavy atom. The van der Waals surface area contributed by atoms with Crippen LogP contribution in [-0.2, 0) is 13.2 Å². The summed E-state index contributed by atoms with van der Waals surface area (Å²) in [4.78, 5) is 0. The third kappa shape index (κ3) is 2.71. The van der Waals surface area contributed by atoms with Crippen LogP contribution >= 0.6 is 0 Å². The monoisotopic (exact) mass is 249 g/mol. The Balaban J connectivity index is 2.07. The van der Waals surface area contributed by atoms with Gasteiger partial charge in [0.05, 0.1) is 6.26 Å². The fourth-order valence-electron chi connectivity index (χ4n) is 1.72. The highest BCUT2D eigenvalue weighted by Crippen LogP contribution is 2.21. The average Bonchev–Trinajstić information content (AvgIpc) is 2.79. The first kappa shape index (κ1) is 12.6. The lowest BCUT2D eigenvalue weighted by Gasteiger charge is -2.08. The maximum atomic E-state index is 13.7. The van der Waals surface area contributed by atoms with Crippen LogP contribution in [0.1, 0.15) is 16.9 Å². The maximum Gasteiger partial charge on any atom is 0.167 e. The van der Waals surface area contributed by atoms with Gasteiger partial charge >= 0.3 is 0 Å². The zero-order valence-electron chi connectivity index (χ0n) is 10.5. The molecule has 1 aromatic heterocycles. The van der Waals surface area contributed by atoms with E-state index in [-0.39, 0.29) is 18.2 Å². The lowest BCUT2D eigenvalue weighted by molar-refractivity contribution is 0.256. The van der Waals surface area contributed by atoms with Crippen LogP contribution in [-0.4, -0.2) is 7.05 Å². The van der Waals surface area contributed by atoms with Gasteiger partial charge in [-0.05, 0) is 31.7 Å². The fraction of sp³-hybridized carbons (Fsp3) is 0.286. The normalized spacial score (nSPS) is 10.6. The van der Waals surface area contributed by atoms with Crippen LogP contribution in [0.5, 0.6) is 5.75 Å². The number of hydrogen-bond donors (Lipinski definition) is 1. The minimum Gasteiger partial charge on any atom is -0.483 e. The van der Waals surface area contributed by atoms with Gasteiger partial charge in [-0.3, -0.25) is 0 Å². The summed E-state index contributed by atoms with van der Waals surface area (Å²) in [5, 5.41) is 3.04. The molecule has 0 saturated carbocycles. The van der Waals surface area contributed by atoms with E-state index in [0.717, 1.165) is 5.56 Å². The summed E-state index contributed by atoms with van der Waals surface area (Å²) in [6.07, 6.45) is 1.61. The van der Waals surface area contributed by atoms with E-state index in [9.17, 15) is 4.39 Å². The van der Waals surface area contributed by atoms with Crippen LogP contribution in [0.25, 0.3) is 0 Å². The molecule has 0 radical (unpaired) electrons. The summed E-state index contributed by atoms with van der Waals surface area (Å²) >= 11 is 0. The number of hydrogen-bond acceptors (Lipinski definition) is 3. The highest BCUT2D eigenvalue weighted by molar-refractivity contribution is 5.30. The molecular formula is C14H16FNO2. The summed E-state index contributed by atoms with van der Waals surface area (Å²) in [6.45, 7) is 2.64. The van der Waals surface area contributed by atoms with Gasteiger partial charge in [-0.15, -0.1) is 0 Å². The van der Waals surface area contributed by atoms with Crippen LogP contribution in [0.15, 0.2) is 34.9 Å². The average molecular weight is 249 g/mol. The zero-order chi connectivity index (χ0) is 13.0. The molecular weight excluding hydrogens is 233 g/mol. The first-order valence-electron chi connectivity index (χ1n) is 5.80. The van der Waals surface area contributed by atoms with Gasteiger partial charge in [0.1, 0.15) is 12.4 Å². The third-order valence-electron chi connectivity index (χ3n) is 2.72. The molecule has 0 amide bonds. The summed E-state index contributed by atoms with van der Waals surface area (Å²) < 4.78 is 24.5. The zero-order valence-corrected chi connectivity index (χ0v) is 10.5. The molecule has 1 aromatic carbocycles. The van der Waals surface area contributed by atoms with Gasteiger partial charge in [0.15, 0.2) is 11.6 Å². The lowest BCUT2D eigenvalue weighted by Crippen LogP contribution is -2.07. The molecule has 18 heavy (non-hydrogen) atoms. The van der Waals surface area contributed by atoms with E-state index in [0.29, 0.717) is 17.9 Å². The van der Waals surface area contributed by atoms with Crippen LogP contribution in [0.4, 0.5) is 4.39 Å². The second-order valence-corrected chi connectivity index (χ2v) is 4.08. The number of ether oxygens (including phenoxy) is 1. The predicted octanol–water partition coefficient (Wildman–Crippen LogP) is 3.03. The smallest absolute Gasteiger partial charge is 0.167 e. The number of aryl methyl sites for hydroxylation is 1. The number of benzene rings is 1. The largest absolute Gasteiger partial charge is 0.483 e. The molecule has 0 unspecified atom stereocenters. The molecule has 0 fully saturated rings. The van der Waals surface area contributed by atoms with Crippen molar-refractivity contribution in [3.8, 4) is 5.75 Å². The van der Waals surface area contributed by atoms with E-state index >= 15 is 0 Å². The molecule has 0 aliphatic carbocycles. The Bertz CT molecular complexity index is 522. The van der Waals surface area contributed by atoms with Gasteiger partial charge in [-0.2, -0.15) is 0 Å². The molecule has 4 heteroatoms. The molecule has 0 aliphatic rings. The van der Waals surface area contributed by atoms with Crippen LogP contribution < -0.4 is 10.1 Å². The standard InChI is InChI=1S/C14H16FNO2/c1-10-4-3-5-12(14(10)15)18-9-13-11(8-16-2)6-7-17-13/h3-7,16H,8-9H2,1-2H3. The topological polar surface area (TPSA) is 34.4 Å². The first-order chi connectivity index (χ1) is 8.72. The van der Waals surface area contributed by atoms with E-state index in [1.807, 2.05) is 13.1 Å². The molecule has 2 rings (SSSR count). The number of nitrogens with one attached hydrogen (secondary N) is 1. The van der Waals surface area contributed by atoms with Crippen molar-refractivity contribution in [1.82, 2.24) is 5.32 Å². The van der Waals surface area contributed by atoms with E-state index in [1.165, 1.54) is 0 Å². The van der Waals surface area contributed by atoms with Gasteiger partial charge in [-0.25, -0.2) is 4.39 Å². The molecule has 3 nitrogen and oxygen atoms in total. The van der Waals surface area contributed by atoms with Crippen LogP contribution in [0.3, 0.4) is 0 Å². The molecule has 1 N–H and O–H groups in total. The summed E-state index contributed by atoms with van der Waals surface area (Å²) in [7, 11) is 1.86. The lowest BCUT2D eigenvalue weighted by atomic mass is 10.2. The molecule has 0 atom stereocenters. The Morgan fingerprint density at radius 2 is 2.17 bits per heavy atom. The van der Waals surface area contributed by atoms with Crippen molar-refractivity contribution in [2.24, 2.45) is 0 Å². The van der Waals surface area contributed by atoms with Gasteiger partial charge < -0.3 is 14.5 Å². The van der Waals surface area contributed by atoms with Crippen LogP contribution in [0.2, 0.25) is 0 Å². The van der Waals surface area contributed by atoms with Crippen molar-refractivity contribution >= 4 is 0 Å². The van der Waals surface area contributed by atoms with E-state index in [2.05, 4.69) is 5.32 Å². The Hall–Kier alpha value is -1.81. The highest BCUT2D eigenvalue weighted by atomic mass is 19.1. The second kappa shape index (κ2) is 5.69. The number of furan rings is 1. The van der Waals surface area contributed by atoms with E-state index in [4.69, 9.17) is 9.15 Å². The van der Waals surface area contributed by atoms with Crippen molar-refractivity contribution < 1.29 is 13.5 Å². The van der Waals surface area contributed by atoms with Gasteiger partial charge in [0.25, 0.3) is 0 Å². The molecule has 0 aliphatic heterocycles. The summed E-state index contributed by atoms with van der Waals surface area (Å²) in [6, 6.07) is 6.97. The highest BCUT2D eigenvalue weighted by Gasteiger charge is 2.09. The first-order valence-corrected chi connectivity index (χ1v) is 5.80. The van der Waals surface area contributed by atoms with Gasteiger partial charge in [0.2, 0.25) is 0 Å². The second-order valence-electron chi connectivity index (χ2n) is 4.08. The summed E-state index contributed by atoms with van der Waals surface area (Å²) in [5.74, 6) is 0.645. The van der Waals surface area contributed by atoms with Crippen LogP contribution in [0, 0.1) is 12.7 Å². The number of halogens is 1. The minimum absolute atomic E-state index is 0.227. The molecule has 0 saturated heterocycles. The Labute approximate surface area is 106 Å². The molecule has 2 aromatic rings. The number of rotatable bonds is 5. The molecule has 1 heterocycles. The van der Waals surface area contributed by atoms with Gasteiger partial charge in [-0.1, -0.05) is 12.1 Å². The quantitative estimate of drug-likeness (QED) is 0.884. The van der Waals surface area contributed by atoms with Gasteiger partial charge in [0, 0.05) is 12.1 Å². The maximum absolute atomic E-state index is 13.7. The predicted molar refractivity (Wildman–Crippen MR) is 66.9 cm³/mol. The van der Waals surface area contributed by atoms with E-state index < -0.39 is 0 Å².